The molecule has 1 N–H and O–H groups in total. The third-order valence-corrected chi connectivity index (χ3v) is 6.26. The van der Waals surface area contributed by atoms with Crippen molar-refractivity contribution in [2.45, 2.75) is 58.0 Å². The first kappa shape index (κ1) is 12.0. The van der Waals surface area contributed by atoms with E-state index in [0.29, 0.717) is 5.92 Å². The maximum Gasteiger partial charge on any atom is 0.0631 e. The van der Waals surface area contributed by atoms with Crippen molar-refractivity contribution in [3.63, 3.8) is 0 Å². The van der Waals surface area contributed by atoms with Gasteiger partial charge in [-0.05, 0) is 73.5 Å². The van der Waals surface area contributed by atoms with Crippen LogP contribution < -0.4 is 0 Å². The van der Waals surface area contributed by atoms with Crippen LogP contribution >= 0.6 is 0 Å². The Balaban J connectivity index is 1.82. The Hall–Kier alpha value is -0.820. The van der Waals surface area contributed by atoms with Crippen molar-refractivity contribution in [1.29, 1.82) is 0 Å². The Morgan fingerprint density at radius 1 is 1.21 bits per heavy atom. The van der Waals surface area contributed by atoms with E-state index in [1.54, 1.807) is 16.7 Å². The summed E-state index contributed by atoms with van der Waals surface area (Å²) in [5.41, 5.74) is 4.99. The highest BCUT2D eigenvalue weighted by atomic mass is 16.3. The first-order valence-electron chi connectivity index (χ1n) is 8.00. The summed E-state index contributed by atoms with van der Waals surface area (Å²) in [6.07, 6.45) is 15.8. The molecule has 0 saturated heterocycles. The van der Waals surface area contributed by atoms with Gasteiger partial charge in [-0.1, -0.05) is 25.2 Å². The lowest BCUT2D eigenvalue weighted by Gasteiger charge is -2.44. The molecular formula is C18H24O. The highest BCUT2D eigenvalue weighted by molar-refractivity contribution is 5.48. The fourth-order valence-electron chi connectivity index (χ4n) is 5.10. The fourth-order valence-corrected chi connectivity index (χ4v) is 5.10. The van der Waals surface area contributed by atoms with E-state index in [0.717, 1.165) is 12.3 Å². The molecule has 102 valence electrons. The summed E-state index contributed by atoms with van der Waals surface area (Å²) in [5, 5.41) is 10.3. The quantitative estimate of drug-likeness (QED) is 0.690. The van der Waals surface area contributed by atoms with Crippen LogP contribution in [0.1, 0.15) is 51.9 Å². The van der Waals surface area contributed by atoms with Gasteiger partial charge in [0.2, 0.25) is 0 Å². The number of aliphatic hydroxyl groups is 1. The van der Waals surface area contributed by atoms with Gasteiger partial charge >= 0.3 is 0 Å². The molecule has 0 aromatic heterocycles. The lowest BCUT2D eigenvalue weighted by molar-refractivity contribution is 0.0586. The summed E-state index contributed by atoms with van der Waals surface area (Å²) >= 11 is 0. The van der Waals surface area contributed by atoms with Gasteiger partial charge in [0.1, 0.15) is 0 Å². The molecule has 0 amide bonds. The monoisotopic (exact) mass is 256 g/mol. The van der Waals surface area contributed by atoms with E-state index in [2.05, 4.69) is 25.2 Å². The summed E-state index contributed by atoms with van der Waals surface area (Å²) in [7, 11) is 0. The molecule has 19 heavy (non-hydrogen) atoms. The van der Waals surface area contributed by atoms with E-state index < -0.39 is 0 Å². The van der Waals surface area contributed by atoms with Crippen molar-refractivity contribution < 1.29 is 5.11 Å². The number of hydrogen-bond donors (Lipinski definition) is 1. The van der Waals surface area contributed by atoms with Crippen molar-refractivity contribution in [3.8, 4) is 0 Å². The van der Waals surface area contributed by atoms with E-state index in [4.69, 9.17) is 0 Å². The van der Waals surface area contributed by atoms with Crippen molar-refractivity contribution in [2.24, 2.45) is 17.3 Å². The Morgan fingerprint density at radius 3 is 3.00 bits per heavy atom. The maximum atomic E-state index is 10.3. The highest BCUT2D eigenvalue weighted by Gasteiger charge is 2.50. The van der Waals surface area contributed by atoms with Crippen molar-refractivity contribution in [3.05, 3.63) is 34.9 Å². The predicted molar refractivity (Wildman–Crippen MR) is 77.7 cm³/mol. The molecule has 0 aliphatic heterocycles. The van der Waals surface area contributed by atoms with E-state index >= 15 is 0 Å². The molecule has 1 saturated carbocycles. The Morgan fingerprint density at radius 2 is 2.11 bits per heavy atom. The van der Waals surface area contributed by atoms with Gasteiger partial charge < -0.3 is 5.11 Å². The predicted octanol–water partition coefficient (Wildman–Crippen LogP) is 4.15. The Kier molecular flexibility index (Phi) is 2.57. The van der Waals surface area contributed by atoms with Crippen molar-refractivity contribution >= 4 is 0 Å². The van der Waals surface area contributed by atoms with Gasteiger partial charge in [-0.25, -0.2) is 0 Å². The first-order chi connectivity index (χ1) is 9.20. The molecule has 0 radical (unpaired) electrons. The first-order valence-corrected chi connectivity index (χ1v) is 8.00. The van der Waals surface area contributed by atoms with Gasteiger partial charge in [0.25, 0.3) is 0 Å². The van der Waals surface area contributed by atoms with Gasteiger partial charge in [0, 0.05) is 5.41 Å². The van der Waals surface area contributed by atoms with E-state index in [1.807, 2.05) is 0 Å². The second kappa shape index (κ2) is 4.09. The SMILES string of the molecule is C[C@]12C=CC3=C4CCCC=C4CC[C@H]3[C@@H]1CC[C@H]2O. The van der Waals surface area contributed by atoms with Crippen LogP contribution in [0.4, 0.5) is 0 Å². The molecule has 0 bridgehead atoms. The third kappa shape index (κ3) is 1.57. The average molecular weight is 256 g/mol. The van der Waals surface area contributed by atoms with Crippen LogP contribution in [0.3, 0.4) is 0 Å². The number of allylic oxidation sites excluding steroid dienone is 5. The zero-order valence-corrected chi connectivity index (χ0v) is 11.9. The van der Waals surface area contributed by atoms with E-state index in [-0.39, 0.29) is 11.5 Å². The van der Waals surface area contributed by atoms with Crippen LogP contribution in [0, 0.1) is 17.3 Å². The number of hydrogen-bond acceptors (Lipinski definition) is 1. The molecule has 0 heterocycles. The number of fused-ring (bicyclic) bond motifs is 4. The Bertz CT molecular complexity index is 496. The average Bonchev–Trinajstić information content (AvgIpc) is 2.75. The van der Waals surface area contributed by atoms with Crippen LogP contribution in [-0.4, -0.2) is 11.2 Å². The van der Waals surface area contributed by atoms with Gasteiger partial charge in [0.05, 0.1) is 6.10 Å². The molecule has 0 spiro atoms. The smallest absolute Gasteiger partial charge is 0.0631 e. The third-order valence-electron chi connectivity index (χ3n) is 6.26. The molecule has 4 aliphatic carbocycles. The molecule has 0 unspecified atom stereocenters. The molecule has 1 nitrogen and oxygen atoms in total. The summed E-state index contributed by atoms with van der Waals surface area (Å²) < 4.78 is 0. The summed E-state index contributed by atoms with van der Waals surface area (Å²) in [6.45, 7) is 2.28. The summed E-state index contributed by atoms with van der Waals surface area (Å²) in [6, 6.07) is 0. The van der Waals surface area contributed by atoms with Crippen molar-refractivity contribution in [2.75, 3.05) is 0 Å². The zero-order valence-electron chi connectivity index (χ0n) is 11.9. The molecule has 0 aromatic rings. The second-order valence-corrected chi connectivity index (χ2v) is 7.10. The normalized spacial score (nSPS) is 44.5. The van der Waals surface area contributed by atoms with Crippen LogP contribution in [0.2, 0.25) is 0 Å². The van der Waals surface area contributed by atoms with Crippen LogP contribution in [0.15, 0.2) is 34.9 Å². The summed E-state index contributed by atoms with van der Waals surface area (Å²) in [5.74, 6) is 1.40. The highest BCUT2D eigenvalue weighted by Crippen LogP contribution is 2.57. The lowest BCUT2D eigenvalue weighted by atomic mass is 9.60. The minimum atomic E-state index is -0.122. The molecule has 4 aliphatic rings. The van der Waals surface area contributed by atoms with E-state index in [9.17, 15) is 5.11 Å². The van der Waals surface area contributed by atoms with Gasteiger partial charge in [0.15, 0.2) is 0 Å². The number of rotatable bonds is 0. The van der Waals surface area contributed by atoms with Gasteiger partial charge in [-0.3, -0.25) is 0 Å². The van der Waals surface area contributed by atoms with Crippen LogP contribution in [0.5, 0.6) is 0 Å². The summed E-state index contributed by atoms with van der Waals surface area (Å²) in [4.78, 5) is 0. The largest absolute Gasteiger partial charge is 0.392 e. The molecule has 4 rings (SSSR count). The number of aliphatic hydroxyl groups excluding tert-OH is 1. The minimum Gasteiger partial charge on any atom is -0.392 e. The molecule has 4 atom stereocenters. The van der Waals surface area contributed by atoms with Crippen molar-refractivity contribution in [1.82, 2.24) is 0 Å². The minimum absolute atomic E-state index is 0.0462. The topological polar surface area (TPSA) is 20.2 Å². The Labute approximate surface area is 116 Å². The maximum absolute atomic E-state index is 10.3. The zero-order chi connectivity index (χ0) is 13.0. The fraction of sp³-hybridized carbons (Fsp3) is 0.667. The van der Waals surface area contributed by atoms with Crippen LogP contribution in [0.25, 0.3) is 0 Å². The van der Waals surface area contributed by atoms with E-state index in [1.165, 1.54) is 38.5 Å². The lowest BCUT2D eigenvalue weighted by Crippen LogP contribution is -2.38. The van der Waals surface area contributed by atoms with Crippen LogP contribution in [-0.2, 0) is 0 Å². The molecule has 1 heteroatoms. The van der Waals surface area contributed by atoms with Gasteiger partial charge in [-0.2, -0.15) is 0 Å². The molecule has 1 fully saturated rings. The molecule has 0 aromatic carbocycles. The standard InChI is InChI=1S/C18H24O/c1-18-11-10-14-13-5-3-2-4-12(13)6-7-15(14)16(18)8-9-17(18)19/h4,10-11,15-17,19H,2-3,5-9H2,1H3/t15-,16+,17-,18+/m1/s1. The van der Waals surface area contributed by atoms with Gasteiger partial charge in [-0.15, -0.1) is 0 Å². The molecular weight excluding hydrogens is 232 g/mol. The second-order valence-electron chi connectivity index (χ2n) is 7.10.